The van der Waals surface area contributed by atoms with Gasteiger partial charge in [0.15, 0.2) is 0 Å². The summed E-state index contributed by atoms with van der Waals surface area (Å²) in [5.41, 5.74) is 2.38. The first-order chi connectivity index (χ1) is 17.7. The zero-order valence-corrected chi connectivity index (χ0v) is 21.6. The molecule has 0 amide bonds. The molecule has 1 unspecified atom stereocenters. The van der Waals surface area contributed by atoms with Gasteiger partial charge in [0.2, 0.25) is 5.88 Å². The van der Waals surface area contributed by atoms with E-state index in [2.05, 4.69) is 9.97 Å². The Morgan fingerprint density at radius 1 is 1.16 bits per heavy atom. The van der Waals surface area contributed by atoms with E-state index in [1.807, 2.05) is 44.0 Å². The van der Waals surface area contributed by atoms with Crippen molar-refractivity contribution >= 4 is 11.8 Å². The van der Waals surface area contributed by atoms with Crippen molar-refractivity contribution in [3.63, 3.8) is 0 Å². The molecule has 196 valence electrons. The van der Waals surface area contributed by atoms with Crippen LogP contribution in [0.15, 0.2) is 42.7 Å². The molecule has 1 aliphatic rings. The van der Waals surface area contributed by atoms with Gasteiger partial charge in [-0.2, -0.15) is 0 Å². The topological polar surface area (TPSA) is 97.7 Å². The van der Waals surface area contributed by atoms with Crippen LogP contribution in [-0.4, -0.2) is 46.8 Å². The minimum Gasteiger partial charge on any atom is -0.497 e. The first-order valence-electron chi connectivity index (χ1n) is 12.5. The van der Waals surface area contributed by atoms with Crippen molar-refractivity contribution in [2.24, 2.45) is 11.8 Å². The average Bonchev–Trinajstić information content (AvgIpc) is 3.72. The molecule has 1 aliphatic carbocycles. The van der Waals surface area contributed by atoms with Crippen LogP contribution in [0.5, 0.6) is 11.6 Å². The van der Waals surface area contributed by atoms with Crippen LogP contribution in [0.25, 0.3) is 11.1 Å². The van der Waals surface area contributed by atoms with Gasteiger partial charge in [-0.3, -0.25) is 4.79 Å². The normalized spacial score (nSPS) is 13.9. The molecule has 4 rings (SSSR count). The van der Waals surface area contributed by atoms with Crippen LogP contribution in [0.4, 0.5) is 10.2 Å². The Balaban J connectivity index is 1.60. The third-order valence-electron chi connectivity index (χ3n) is 6.36. The second kappa shape index (κ2) is 11.5. The van der Waals surface area contributed by atoms with Crippen molar-refractivity contribution in [1.82, 2.24) is 15.0 Å². The summed E-state index contributed by atoms with van der Waals surface area (Å²) in [4.78, 5) is 26.8. The van der Waals surface area contributed by atoms with E-state index in [-0.39, 0.29) is 24.1 Å². The van der Waals surface area contributed by atoms with Crippen LogP contribution in [0, 0.1) is 17.7 Å². The van der Waals surface area contributed by atoms with Crippen LogP contribution in [0.3, 0.4) is 0 Å². The number of anilines is 1. The Hall–Kier alpha value is -3.75. The number of carboxylic acids is 1. The van der Waals surface area contributed by atoms with Crippen LogP contribution in [0.2, 0.25) is 0 Å². The van der Waals surface area contributed by atoms with E-state index in [1.165, 1.54) is 19.5 Å². The van der Waals surface area contributed by atoms with E-state index in [0.29, 0.717) is 47.6 Å². The van der Waals surface area contributed by atoms with Gasteiger partial charge in [-0.05, 0) is 55.0 Å². The Kier molecular flexibility index (Phi) is 8.21. The maximum atomic E-state index is 14.7. The number of aromatic nitrogens is 3. The van der Waals surface area contributed by atoms with Crippen molar-refractivity contribution in [3.05, 3.63) is 59.9 Å². The summed E-state index contributed by atoms with van der Waals surface area (Å²) in [6.45, 7) is 4.93. The maximum absolute atomic E-state index is 14.7. The predicted molar refractivity (Wildman–Crippen MR) is 138 cm³/mol. The second-order valence-corrected chi connectivity index (χ2v) is 9.90. The largest absolute Gasteiger partial charge is 0.497 e. The fourth-order valence-electron chi connectivity index (χ4n) is 4.26. The first-order valence-corrected chi connectivity index (χ1v) is 12.5. The van der Waals surface area contributed by atoms with Gasteiger partial charge in [-0.1, -0.05) is 13.8 Å². The number of methoxy groups -OCH3 is 1. The summed E-state index contributed by atoms with van der Waals surface area (Å²) in [6.07, 6.45) is 3.59. The number of carbonyl (C=O) groups is 1. The highest BCUT2D eigenvalue weighted by Gasteiger charge is 2.35. The fourth-order valence-corrected chi connectivity index (χ4v) is 4.26. The average molecular weight is 509 g/mol. The quantitative estimate of drug-likeness (QED) is 0.351. The molecule has 1 atom stereocenters. The van der Waals surface area contributed by atoms with E-state index in [9.17, 15) is 14.3 Å². The van der Waals surface area contributed by atoms with Gasteiger partial charge in [0.05, 0.1) is 32.4 Å². The Bertz CT molecular complexity index is 1250. The maximum Gasteiger partial charge on any atom is 0.304 e. The number of benzene rings is 1. The van der Waals surface area contributed by atoms with Gasteiger partial charge in [-0.15, -0.1) is 0 Å². The number of hydrogen-bond donors (Lipinski definition) is 1. The number of rotatable bonds is 12. The zero-order valence-electron chi connectivity index (χ0n) is 21.6. The molecule has 0 radical (unpaired) electrons. The Morgan fingerprint density at radius 2 is 1.95 bits per heavy atom. The number of pyridine rings is 1. The Labute approximate surface area is 216 Å². The van der Waals surface area contributed by atoms with E-state index in [4.69, 9.17) is 14.5 Å². The lowest BCUT2D eigenvalue weighted by molar-refractivity contribution is -0.137. The summed E-state index contributed by atoms with van der Waals surface area (Å²) in [6, 6.07) is 10.1. The van der Waals surface area contributed by atoms with Crippen LogP contribution in [0.1, 0.15) is 50.4 Å². The van der Waals surface area contributed by atoms with E-state index < -0.39 is 5.97 Å². The molecule has 9 heteroatoms. The van der Waals surface area contributed by atoms with Crippen molar-refractivity contribution in [3.8, 4) is 22.8 Å². The van der Waals surface area contributed by atoms with Crippen molar-refractivity contribution in [2.45, 2.75) is 45.6 Å². The molecule has 8 nitrogen and oxygen atoms in total. The number of nitrogens with zero attached hydrogens (tertiary/aromatic N) is 4. The molecule has 1 saturated carbocycles. The highest BCUT2D eigenvalue weighted by Crippen LogP contribution is 2.44. The fraction of sp³-hybridized carbons (Fsp3) is 0.429. The predicted octanol–water partition coefficient (Wildman–Crippen LogP) is 5.33. The molecule has 37 heavy (non-hydrogen) atoms. The number of ether oxygens (including phenoxy) is 2. The number of aliphatic carboxylic acids is 1. The molecule has 1 fully saturated rings. The zero-order chi connectivity index (χ0) is 26.5. The molecule has 0 saturated heterocycles. The molecule has 0 spiro atoms. The van der Waals surface area contributed by atoms with Gasteiger partial charge < -0.3 is 19.5 Å². The standard InChI is InChI=1S/C28H33FN4O4/c1-17(2)15-37-28-21(23-11-20(36-4)8-10-24(23)29)9-7-19(32-28)14-33(3)26-13-25(30-16-31-26)22(12-27(34)35)18-5-6-18/h7-11,13,16-18,22H,5-6,12,14-15H2,1-4H3,(H,34,35). The van der Waals surface area contributed by atoms with E-state index >= 15 is 0 Å². The minimum absolute atomic E-state index is 0.0607. The smallest absolute Gasteiger partial charge is 0.304 e. The molecule has 1 N–H and O–H groups in total. The van der Waals surface area contributed by atoms with E-state index in [0.717, 1.165) is 24.2 Å². The van der Waals surface area contributed by atoms with Crippen LogP contribution in [-0.2, 0) is 11.3 Å². The third-order valence-corrected chi connectivity index (χ3v) is 6.36. The molecular formula is C28H33FN4O4. The SMILES string of the molecule is COc1ccc(F)c(-c2ccc(CN(C)c3cc(C(CC(=O)O)C4CC4)ncn3)nc2OCC(C)C)c1. The molecular weight excluding hydrogens is 475 g/mol. The van der Waals surface area contributed by atoms with Crippen LogP contribution >= 0.6 is 0 Å². The van der Waals surface area contributed by atoms with Gasteiger partial charge in [0.25, 0.3) is 0 Å². The number of hydrogen-bond acceptors (Lipinski definition) is 7. The van der Waals surface area contributed by atoms with Crippen molar-refractivity contribution in [1.29, 1.82) is 0 Å². The highest BCUT2D eigenvalue weighted by atomic mass is 19.1. The third kappa shape index (κ3) is 6.72. The lowest BCUT2D eigenvalue weighted by Gasteiger charge is -2.21. The van der Waals surface area contributed by atoms with Gasteiger partial charge in [0, 0.05) is 35.9 Å². The van der Waals surface area contributed by atoms with Crippen LogP contribution < -0.4 is 14.4 Å². The monoisotopic (exact) mass is 508 g/mol. The first kappa shape index (κ1) is 26.3. The van der Waals surface area contributed by atoms with Crippen molar-refractivity contribution in [2.75, 3.05) is 25.7 Å². The van der Waals surface area contributed by atoms with Gasteiger partial charge in [-0.25, -0.2) is 19.3 Å². The molecule has 2 aromatic heterocycles. The Morgan fingerprint density at radius 3 is 2.62 bits per heavy atom. The summed E-state index contributed by atoms with van der Waals surface area (Å²) in [5.74, 6) is 0.872. The summed E-state index contributed by atoms with van der Waals surface area (Å²) in [5, 5.41) is 9.35. The number of halogens is 1. The lowest BCUT2D eigenvalue weighted by Crippen LogP contribution is -2.20. The summed E-state index contributed by atoms with van der Waals surface area (Å²) in [7, 11) is 3.43. The molecule has 2 heterocycles. The van der Waals surface area contributed by atoms with Gasteiger partial charge >= 0.3 is 5.97 Å². The lowest BCUT2D eigenvalue weighted by atomic mass is 9.95. The summed E-state index contributed by atoms with van der Waals surface area (Å²) >= 11 is 0. The summed E-state index contributed by atoms with van der Waals surface area (Å²) < 4.78 is 26.0. The van der Waals surface area contributed by atoms with Crippen molar-refractivity contribution < 1.29 is 23.8 Å². The molecule has 1 aromatic carbocycles. The second-order valence-electron chi connectivity index (χ2n) is 9.90. The number of carboxylic acid groups (broad SMARTS) is 1. The molecule has 0 bridgehead atoms. The van der Waals surface area contributed by atoms with E-state index in [1.54, 1.807) is 12.1 Å². The molecule has 3 aromatic rings. The molecule has 0 aliphatic heterocycles. The minimum atomic E-state index is -0.823. The van der Waals surface area contributed by atoms with Gasteiger partial charge in [0.1, 0.15) is 23.7 Å². The highest BCUT2D eigenvalue weighted by molar-refractivity contribution is 5.71.